The van der Waals surface area contributed by atoms with E-state index < -0.39 is 29.7 Å². The highest BCUT2D eigenvalue weighted by Crippen LogP contribution is 2.33. The number of fused-ring (bicyclic) bond motifs is 1. The van der Waals surface area contributed by atoms with Crippen molar-refractivity contribution in [3.63, 3.8) is 0 Å². The fourth-order valence-corrected chi connectivity index (χ4v) is 4.53. The third kappa shape index (κ3) is 4.41. The molecule has 1 aliphatic carbocycles. The standard InChI is InChI=1S/C24H26N6O5/c31-18-9-8-17(21(32)28-18)30-22(33)15-4-3-5-16(19(15)23(30)34)25-10-1-2-11-26-20-24(35)29(13-12-27-20)14-6-7-14/h3-5,12-14,17,25H,1-2,6-11H2,(H,26,27)(H,28,31,32). The molecule has 2 aromatic rings. The Morgan fingerprint density at radius 2 is 1.74 bits per heavy atom. The summed E-state index contributed by atoms with van der Waals surface area (Å²) >= 11 is 0. The lowest BCUT2D eigenvalue weighted by molar-refractivity contribution is -0.136. The summed E-state index contributed by atoms with van der Waals surface area (Å²) in [6.07, 6.45) is 7.12. The van der Waals surface area contributed by atoms with Gasteiger partial charge < -0.3 is 15.2 Å². The molecule has 2 fully saturated rings. The van der Waals surface area contributed by atoms with Gasteiger partial charge in [0.2, 0.25) is 11.8 Å². The van der Waals surface area contributed by atoms with Crippen molar-refractivity contribution in [2.45, 2.75) is 50.6 Å². The van der Waals surface area contributed by atoms with Crippen molar-refractivity contribution in [3.8, 4) is 0 Å². The Kier molecular flexibility index (Phi) is 6.06. The normalized spacial score (nSPS) is 19.5. The van der Waals surface area contributed by atoms with Gasteiger partial charge in [-0.05, 0) is 44.2 Å². The molecule has 3 heterocycles. The number of unbranched alkanes of at least 4 members (excludes halogenated alkanes) is 1. The van der Waals surface area contributed by atoms with Crippen molar-refractivity contribution in [2.75, 3.05) is 23.7 Å². The van der Waals surface area contributed by atoms with E-state index in [4.69, 9.17) is 0 Å². The first-order valence-corrected chi connectivity index (χ1v) is 11.8. The van der Waals surface area contributed by atoms with Gasteiger partial charge in [0.25, 0.3) is 17.4 Å². The maximum Gasteiger partial charge on any atom is 0.293 e. The fraction of sp³-hybridized carbons (Fsp3) is 0.417. The van der Waals surface area contributed by atoms with Gasteiger partial charge in [-0.2, -0.15) is 0 Å². The molecule has 3 aliphatic rings. The van der Waals surface area contributed by atoms with Crippen LogP contribution < -0.4 is 21.5 Å². The minimum atomic E-state index is -0.991. The lowest BCUT2D eigenvalue weighted by Crippen LogP contribution is -2.54. The van der Waals surface area contributed by atoms with E-state index in [1.54, 1.807) is 35.2 Å². The van der Waals surface area contributed by atoms with E-state index >= 15 is 0 Å². The van der Waals surface area contributed by atoms with Crippen LogP contribution in [0, 0.1) is 0 Å². The Morgan fingerprint density at radius 3 is 2.49 bits per heavy atom. The summed E-state index contributed by atoms with van der Waals surface area (Å²) in [6, 6.07) is 4.29. The Balaban J connectivity index is 1.16. The van der Waals surface area contributed by atoms with Crippen LogP contribution in [0.5, 0.6) is 0 Å². The number of hydrogen-bond acceptors (Lipinski definition) is 8. The molecular formula is C24H26N6O5. The van der Waals surface area contributed by atoms with Crippen LogP contribution in [0.15, 0.2) is 35.4 Å². The highest BCUT2D eigenvalue weighted by Gasteiger charge is 2.45. The van der Waals surface area contributed by atoms with Crippen LogP contribution in [0.3, 0.4) is 0 Å². The second kappa shape index (κ2) is 9.32. The molecule has 0 bridgehead atoms. The maximum atomic E-state index is 13.1. The predicted octanol–water partition coefficient (Wildman–Crippen LogP) is 1.28. The van der Waals surface area contributed by atoms with Gasteiger partial charge in [-0.15, -0.1) is 0 Å². The summed E-state index contributed by atoms with van der Waals surface area (Å²) in [7, 11) is 0. The summed E-state index contributed by atoms with van der Waals surface area (Å²) in [4.78, 5) is 67.2. The molecular weight excluding hydrogens is 452 g/mol. The van der Waals surface area contributed by atoms with E-state index in [-0.39, 0.29) is 29.5 Å². The second-order valence-corrected chi connectivity index (χ2v) is 8.96. The second-order valence-electron chi connectivity index (χ2n) is 8.96. The van der Waals surface area contributed by atoms with Gasteiger partial charge in [0.1, 0.15) is 6.04 Å². The third-order valence-corrected chi connectivity index (χ3v) is 6.49. The van der Waals surface area contributed by atoms with Crippen LogP contribution in [0.4, 0.5) is 11.5 Å². The van der Waals surface area contributed by atoms with Crippen molar-refractivity contribution in [2.24, 2.45) is 0 Å². The van der Waals surface area contributed by atoms with Crippen LogP contribution in [0.2, 0.25) is 0 Å². The van der Waals surface area contributed by atoms with Gasteiger partial charge in [0.15, 0.2) is 5.82 Å². The number of rotatable bonds is 9. The van der Waals surface area contributed by atoms with Crippen molar-refractivity contribution >= 4 is 35.1 Å². The molecule has 4 amide bonds. The number of nitrogens with zero attached hydrogens (tertiary/aromatic N) is 3. The molecule has 1 aromatic heterocycles. The molecule has 0 radical (unpaired) electrons. The molecule has 1 saturated carbocycles. The molecule has 5 rings (SSSR count). The predicted molar refractivity (Wildman–Crippen MR) is 126 cm³/mol. The molecule has 1 unspecified atom stereocenters. The third-order valence-electron chi connectivity index (χ3n) is 6.49. The molecule has 0 spiro atoms. The van der Waals surface area contributed by atoms with Crippen LogP contribution in [-0.2, 0) is 9.59 Å². The summed E-state index contributed by atoms with van der Waals surface area (Å²) in [5.74, 6) is -1.75. The highest BCUT2D eigenvalue weighted by atomic mass is 16.2. The van der Waals surface area contributed by atoms with E-state index in [0.29, 0.717) is 30.6 Å². The van der Waals surface area contributed by atoms with Gasteiger partial charge in [0, 0.05) is 43.6 Å². The van der Waals surface area contributed by atoms with Gasteiger partial charge in [-0.1, -0.05) is 6.07 Å². The molecule has 1 aromatic carbocycles. The summed E-state index contributed by atoms with van der Waals surface area (Å²) in [5.41, 5.74) is 0.917. The molecule has 1 saturated heterocycles. The summed E-state index contributed by atoms with van der Waals surface area (Å²) in [5, 5.41) is 8.51. The Morgan fingerprint density at radius 1 is 0.971 bits per heavy atom. The first-order chi connectivity index (χ1) is 17.0. The molecule has 2 aliphatic heterocycles. The number of amides is 4. The van der Waals surface area contributed by atoms with E-state index in [0.717, 1.165) is 30.6 Å². The Labute approximate surface area is 200 Å². The highest BCUT2D eigenvalue weighted by molar-refractivity contribution is 6.25. The zero-order valence-electron chi connectivity index (χ0n) is 19.1. The molecule has 35 heavy (non-hydrogen) atoms. The molecule has 182 valence electrons. The number of hydrogen-bond donors (Lipinski definition) is 3. The number of nitrogens with one attached hydrogen (secondary N) is 3. The van der Waals surface area contributed by atoms with Crippen LogP contribution in [-0.4, -0.2) is 57.2 Å². The summed E-state index contributed by atoms with van der Waals surface area (Å²) in [6.45, 7) is 1.12. The largest absolute Gasteiger partial charge is 0.384 e. The first-order valence-electron chi connectivity index (χ1n) is 11.8. The fourth-order valence-electron chi connectivity index (χ4n) is 4.53. The number of carbonyl (C=O) groups excluding carboxylic acids is 4. The topological polar surface area (TPSA) is 142 Å². The average molecular weight is 479 g/mol. The zero-order chi connectivity index (χ0) is 24.5. The van der Waals surface area contributed by atoms with Crippen LogP contribution >= 0.6 is 0 Å². The smallest absolute Gasteiger partial charge is 0.293 e. The van der Waals surface area contributed by atoms with Crippen LogP contribution in [0.25, 0.3) is 0 Å². The van der Waals surface area contributed by atoms with Gasteiger partial charge >= 0.3 is 0 Å². The first kappa shape index (κ1) is 22.8. The van der Waals surface area contributed by atoms with Crippen molar-refractivity contribution in [1.29, 1.82) is 0 Å². The molecule has 1 atom stereocenters. The van der Waals surface area contributed by atoms with E-state index in [1.807, 2.05) is 0 Å². The SMILES string of the molecule is O=C1CCC(N2C(=O)c3cccc(NCCCCNc4nccn(C5CC5)c4=O)c3C2=O)C(=O)N1. The minimum Gasteiger partial charge on any atom is -0.384 e. The number of aromatic nitrogens is 2. The van der Waals surface area contributed by atoms with E-state index in [2.05, 4.69) is 20.9 Å². The van der Waals surface area contributed by atoms with Gasteiger partial charge in [-0.25, -0.2) is 4.98 Å². The van der Waals surface area contributed by atoms with Crippen LogP contribution in [0.1, 0.15) is 65.3 Å². The van der Waals surface area contributed by atoms with E-state index in [9.17, 15) is 24.0 Å². The zero-order valence-corrected chi connectivity index (χ0v) is 19.1. The quantitative estimate of drug-likeness (QED) is 0.361. The Bertz CT molecular complexity index is 1270. The van der Waals surface area contributed by atoms with Crippen molar-refractivity contribution < 1.29 is 19.2 Å². The molecule has 11 nitrogen and oxygen atoms in total. The molecule has 3 N–H and O–H groups in total. The lowest BCUT2D eigenvalue weighted by Gasteiger charge is -2.27. The van der Waals surface area contributed by atoms with E-state index in [1.165, 1.54) is 0 Å². The number of carbonyl (C=O) groups is 4. The monoisotopic (exact) mass is 478 g/mol. The number of anilines is 2. The maximum absolute atomic E-state index is 13.1. The van der Waals surface area contributed by atoms with Gasteiger partial charge in [-0.3, -0.25) is 34.2 Å². The number of imide groups is 2. The molecule has 11 heteroatoms. The Hall–Kier alpha value is -4.02. The van der Waals surface area contributed by atoms with Gasteiger partial charge in [0.05, 0.1) is 11.1 Å². The average Bonchev–Trinajstić information content (AvgIpc) is 3.65. The number of benzene rings is 1. The lowest BCUT2D eigenvalue weighted by atomic mass is 10.0. The van der Waals surface area contributed by atoms with Crippen molar-refractivity contribution in [3.05, 3.63) is 52.1 Å². The minimum absolute atomic E-state index is 0.0792. The summed E-state index contributed by atoms with van der Waals surface area (Å²) < 4.78 is 1.73. The van der Waals surface area contributed by atoms with Crippen molar-refractivity contribution in [1.82, 2.24) is 19.8 Å². The number of piperidine rings is 1.